The summed E-state index contributed by atoms with van der Waals surface area (Å²) >= 11 is 1.51. The SMILES string of the molecule is CCn1c(=NC(=O)C2CCCN(S(=O)(=O)c3ccc(C)cc3)C2)sc2cc(C)c(C)cc21. The summed E-state index contributed by atoms with van der Waals surface area (Å²) in [6, 6.07) is 11.1. The van der Waals surface area contributed by atoms with Gasteiger partial charge in [0.1, 0.15) is 0 Å². The number of aromatic nitrogens is 1. The van der Waals surface area contributed by atoms with Gasteiger partial charge in [-0.05, 0) is 75.9 Å². The third kappa shape index (κ3) is 4.31. The van der Waals surface area contributed by atoms with Crippen molar-refractivity contribution < 1.29 is 13.2 Å². The second kappa shape index (κ2) is 8.92. The molecule has 1 saturated heterocycles. The minimum absolute atomic E-state index is 0.174. The Morgan fingerprint density at radius 1 is 1.12 bits per heavy atom. The number of hydrogen-bond donors (Lipinski definition) is 0. The molecule has 4 rings (SSSR count). The zero-order valence-corrected chi connectivity index (χ0v) is 20.6. The highest BCUT2D eigenvalue weighted by atomic mass is 32.2. The lowest BCUT2D eigenvalue weighted by Gasteiger charge is -2.30. The Hall–Kier alpha value is -2.29. The van der Waals surface area contributed by atoms with Crippen LogP contribution in [-0.2, 0) is 21.4 Å². The number of aryl methyl sites for hydroxylation is 4. The van der Waals surface area contributed by atoms with Crippen molar-refractivity contribution in [2.75, 3.05) is 13.1 Å². The van der Waals surface area contributed by atoms with E-state index in [1.807, 2.05) is 13.8 Å². The second-order valence-electron chi connectivity index (χ2n) is 8.50. The summed E-state index contributed by atoms with van der Waals surface area (Å²) in [6.07, 6.45) is 1.30. The van der Waals surface area contributed by atoms with Crippen LogP contribution in [0.5, 0.6) is 0 Å². The summed E-state index contributed by atoms with van der Waals surface area (Å²) in [5, 5.41) is 0. The predicted octanol–water partition coefficient (Wildman–Crippen LogP) is 4.18. The molecule has 3 aromatic rings. The first kappa shape index (κ1) is 22.9. The Kier molecular flexibility index (Phi) is 6.38. The molecule has 1 atom stereocenters. The summed E-state index contributed by atoms with van der Waals surface area (Å²) in [7, 11) is -3.62. The number of piperidine rings is 1. The monoisotopic (exact) mass is 471 g/mol. The van der Waals surface area contributed by atoms with Crippen LogP contribution in [-0.4, -0.2) is 36.3 Å². The third-order valence-electron chi connectivity index (χ3n) is 6.21. The molecule has 0 saturated carbocycles. The molecule has 0 aliphatic carbocycles. The van der Waals surface area contributed by atoms with Gasteiger partial charge in [-0.3, -0.25) is 4.79 Å². The molecule has 1 unspecified atom stereocenters. The molecule has 2 aromatic carbocycles. The molecule has 1 aliphatic rings. The van der Waals surface area contributed by atoms with Gasteiger partial charge in [0.2, 0.25) is 10.0 Å². The van der Waals surface area contributed by atoms with E-state index in [0.717, 1.165) is 15.8 Å². The standard InChI is InChI=1S/C24H29N3O3S2/c1-5-27-21-13-17(3)18(4)14-22(21)31-24(27)25-23(28)19-7-6-12-26(15-19)32(29,30)20-10-8-16(2)9-11-20/h8-11,13-14,19H,5-7,12,15H2,1-4H3. The van der Waals surface area contributed by atoms with Crippen LogP contribution in [0.15, 0.2) is 46.3 Å². The number of fused-ring (bicyclic) bond motifs is 1. The van der Waals surface area contributed by atoms with Gasteiger partial charge >= 0.3 is 0 Å². The van der Waals surface area contributed by atoms with Crippen LogP contribution in [0.1, 0.15) is 36.5 Å². The normalized spacial score (nSPS) is 18.4. The molecule has 1 fully saturated rings. The largest absolute Gasteiger partial charge is 0.317 e. The minimum Gasteiger partial charge on any atom is -0.317 e. The van der Waals surface area contributed by atoms with Crippen LogP contribution in [0, 0.1) is 26.7 Å². The van der Waals surface area contributed by atoms with Crippen LogP contribution in [0.25, 0.3) is 10.2 Å². The predicted molar refractivity (Wildman–Crippen MR) is 128 cm³/mol. The van der Waals surface area contributed by atoms with E-state index < -0.39 is 15.9 Å². The number of carbonyl (C=O) groups excluding carboxylic acids is 1. The van der Waals surface area contributed by atoms with Gasteiger partial charge in [-0.25, -0.2) is 8.42 Å². The summed E-state index contributed by atoms with van der Waals surface area (Å²) in [5.41, 5.74) is 4.51. The fourth-order valence-electron chi connectivity index (χ4n) is 4.12. The lowest BCUT2D eigenvalue weighted by molar-refractivity contribution is -0.122. The molecule has 1 amide bonds. The average molecular weight is 472 g/mol. The van der Waals surface area contributed by atoms with Crippen molar-refractivity contribution in [1.29, 1.82) is 0 Å². The lowest BCUT2D eigenvalue weighted by Crippen LogP contribution is -2.42. The van der Waals surface area contributed by atoms with E-state index in [-0.39, 0.29) is 17.3 Å². The smallest absolute Gasteiger partial charge is 0.252 e. The molecule has 1 aliphatic heterocycles. The molecule has 0 bridgehead atoms. The van der Waals surface area contributed by atoms with E-state index >= 15 is 0 Å². The Bertz CT molecular complexity index is 1340. The number of amides is 1. The van der Waals surface area contributed by atoms with Gasteiger partial charge in [-0.2, -0.15) is 9.30 Å². The number of carbonyl (C=O) groups is 1. The van der Waals surface area contributed by atoms with Crippen molar-refractivity contribution in [2.24, 2.45) is 10.9 Å². The summed E-state index contributed by atoms with van der Waals surface area (Å²) in [5.74, 6) is -0.668. The van der Waals surface area contributed by atoms with Gasteiger partial charge in [0.25, 0.3) is 5.91 Å². The molecular formula is C24H29N3O3S2. The number of rotatable bonds is 4. The maximum absolute atomic E-state index is 13.1. The molecule has 6 nitrogen and oxygen atoms in total. The number of nitrogens with zero attached hydrogens (tertiary/aromatic N) is 3. The highest BCUT2D eigenvalue weighted by Gasteiger charge is 2.33. The maximum atomic E-state index is 13.1. The fraction of sp³-hybridized carbons (Fsp3) is 0.417. The van der Waals surface area contributed by atoms with Crippen LogP contribution < -0.4 is 4.80 Å². The van der Waals surface area contributed by atoms with E-state index in [4.69, 9.17) is 0 Å². The molecule has 170 valence electrons. The van der Waals surface area contributed by atoms with Gasteiger partial charge in [0, 0.05) is 19.6 Å². The van der Waals surface area contributed by atoms with Gasteiger partial charge in [0.15, 0.2) is 4.80 Å². The molecular weight excluding hydrogens is 442 g/mol. The molecule has 32 heavy (non-hydrogen) atoms. The Labute approximate surface area is 193 Å². The van der Waals surface area contributed by atoms with Gasteiger partial charge in [-0.1, -0.05) is 29.0 Å². The number of thiazole rings is 1. The van der Waals surface area contributed by atoms with Gasteiger partial charge in [-0.15, -0.1) is 0 Å². The highest BCUT2D eigenvalue weighted by molar-refractivity contribution is 7.89. The van der Waals surface area contributed by atoms with E-state index in [1.165, 1.54) is 26.8 Å². The molecule has 0 N–H and O–H groups in total. The first-order chi connectivity index (χ1) is 15.2. The van der Waals surface area contributed by atoms with Crippen molar-refractivity contribution >= 4 is 37.5 Å². The van der Waals surface area contributed by atoms with Crippen LogP contribution >= 0.6 is 11.3 Å². The first-order valence-electron chi connectivity index (χ1n) is 11.0. The van der Waals surface area contributed by atoms with E-state index in [0.29, 0.717) is 30.7 Å². The number of sulfonamides is 1. The van der Waals surface area contributed by atoms with Crippen LogP contribution in [0.4, 0.5) is 0 Å². The zero-order chi connectivity index (χ0) is 23.0. The van der Waals surface area contributed by atoms with Gasteiger partial charge in [0.05, 0.1) is 21.0 Å². The van der Waals surface area contributed by atoms with Crippen LogP contribution in [0.2, 0.25) is 0 Å². The van der Waals surface area contributed by atoms with Crippen molar-refractivity contribution in [3.05, 3.63) is 57.9 Å². The third-order valence-corrected chi connectivity index (χ3v) is 9.13. The highest BCUT2D eigenvalue weighted by Crippen LogP contribution is 2.26. The Morgan fingerprint density at radius 2 is 1.81 bits per heavy atom. The summed E-state index contributed by atoms with van der Waals surface area (Å²) < 4.78 is 30.8. The Balaban J connectivity index is 1.63. The average Bonchev–Trinajstić information content (AvgIpc) is 3.10. The number of hydrogen-bond acceptors (Lipinski definition) is 4. The topological polar surface area (TPSA) is 71.7 Å². The molecule has 1 aromatic heterocycles. The van der Waals surface area contributed by atoms with Crippen molar-refractivity contribution in [3.63, 3.8) is 0 Å². The first-order valence-corrected chi connectivity index (χ1v) is 13.2. The summed E-state index contributed by atoms with van der Waals surface area (Å²) in [6.45, 7) is 9.45. The number of benzene rings is 2. The van der Waals surface area contributed by atoms with Gasteiger partial charge < -0.3 is 4.57 Å². The molecule has 0 radical (unpaired) electrons. The maximum Gasteiger partial charge on any atom is 0.252 e. The molecule has 2 heterocycles. The second-order valence-corrected chi connectivity index (χ2v) is 11.4. The zero-order valence-electron chi connectivity index (χ0n) is 19.0. The summed E-state index contributed by atoms with van der Waals surface area (Å²) in [4.78, 5) is 18.5. The van der Waals surface area contributed by atoms with Crippen molar-refractivity contribution in [2.45, 2.75) is 52.0 Å². The van der Waals surface area contributed by atoms with E-state index in [2.05, 4.69) is 35.5 Å². The quantitative estimate of drug-likeness (QED) is 0.573. The molecule has 8 heteroatoms. The minimum atomic E-state index is -3.62. The van der Waals surface area contributed by atoms with Crippen molar-refractivity contribution in [3.8, 4) is 0 Å². The lowest BCUT2D eigenvalue weighted by atomic mass is 9.99. The van der Waals surface area contributed by atoms with E-state index in [1.54, 1.807) is 24.3 Å². The van der Waals surface area contributed by atoms with Crippen LogP contribution in [0.3, 0.4) is 0 Å². The fourth-order valence-corrected chi connectivity index (χ4v) is 6.82. The Morgan fingerprint density at radius 3 is 2.50 bits per heavy atom. The van der Waals surface area contributed by atoms with E-state index in [9.17, 15) is 13.2 Å². The van der Waals surface area contributed by atoms with Crippen molar-refractivity contribution in [1.82, 2.24) is 8.87 Å². The molecule has 0 spiro atoms.